The maximum Gasteiger partial charge on any atom is 0.213 e. The van der Waals surface area contributed by atoms with Crippen molar-refractivity contribution in [2.24, 2.45) is 0 Å². The summed E-state index contributed by atoms with van der Waals surface area (Å²) in [5.41, 5.74) is -0.778. The molecule has 0 bridgehead atoms. The Bertz CT molecular complexity index is 438. The lowest BCUT2D eigenvalue weighted by Crippen LogP contribution is -2.50. The average molecular weight is 280 g/mol. The van der Waals surface area contributed by atoms with Gasteiger partial charge >= 0.3 is 0 Å². The molecule has 0 aliphatic rings. The molecule has 0 aromatic heterocycles. The van der Waals surface area contributed by atoms with Gasteiger partial charge in [0.05, 0.1) is 0 Å². The topological polar surface area (TPSA) is 15.3 Å². The molecule has 0 fully saturated rings. The SMILES string of the molecule is CNCB(CN(C)C)c1c(F)c(F)c(F)c(F)c1F. The van der Waals surface area contributed by atoms with Crippen LogP contribution in [-0.2, 0) is 0 Å². The standard InChI is InChI=1S/C11H14BF5N2/c1-18-4-12(5-19(2)3)6-7(13)9(15)11(17)10(16)8(6)14/h18H,4-5H2,1-3H3. The van der Waals surface area contributed by atoms with Crippen LogP contribution in [0.2, 0.25) is 0 Å². The predicted molar refractivity (Wildman–Crippen MR) is 64.1 cm³/mol. The molecule has 106 valence electrons. The zero-order chi connectivity index (χ0) is 14.7. The fourth-order valence-corrected chi connectivity index (χ4v) is 1.93. The minimum Gasteiger partial charge on any atom is -0.326 e. The summed E-state index contributed by atoms with van der Waals surface area (Å²) in [5, 5.41) is 2.68. The Morgan fingerprint density at radius 3 is 1.68 bits per heavy atom. The average Bonchev–Trinajstić information content (AvgIpc) is 2.34. The Balaban J connectivity index is 3.37. The highest BCUT2D eigenvalue weighted by Gasteiger charge is 2.32. The summed E-state index contributed by atoms with van der Waals surface area (Å²) < 4.78 is 66.6. The van der Waals surface area contributed by atoms with Gasteiger partial charge in [0.25, 0.3) is 0 Å². The molecule has 0 saturated carbocycles. The van der Waals surface area contributed by atoms with Gasteiger partial charge in [-0.2, -0.15) is 0 Å². The Labute approximate surface area is 108 Å². The molecule has 0 heterocycles. The van der Waals surface area contributed by atoms with Crippen molar-refractivity contribution >= 4 is 12.2 Å². The molecule has 1 aromatic carbocycles. The van der Waals surface area contributed by atoms with E-state index in [1.54, 1.807) is 19.0 Å². The molecule has 1 N–H and O–H groups in total. The number of rotatable bonds is 5. The molecule has 2 nitrogen and oxygen atoms in total. The van der Waals surface area contributed by atoms with Crippen LogP contribution in [0.15, 0.2) is 0 Å². The summed E-state index contributed by atoms with van der Waals surface area (Å²) in [4.78, 5) is 1.61. The molecule has 0 spiro atoms. The van der Waals surface area contributed by atoms with E-state index in [0.29, 0.717) is 0 Å². The van der Waals surface area contributed by atoms with Gasteiger partial charge in [-0.15, -0.1) is 0 Å². The molecule has 0 amide bonds. The molecule has 0 aliphatic carbocycles. The number of hydrogen-bond acceptors (Lipinski definition) is 2. The summed E-state index contributed by atoms with van der Waals surface area (Å²) in [6, 6.07) is 0. The van der Waals surface area contributed by atoms with Crippen molar-refractivity contribution in [1.82, 2.24) is 10.2 Å². The summed E-state index contributed by atoms with van der Waals surface area (Å²) in [6.45, 7) is -0.843. The van der Waals surface area contributed by atoms with Gasteiger partial charge in [-0.25, -0.2) is 22.0 Å². The molecular weight excluding hydrogens is 266 g/mol. The van der Waals surface area contributed by atoms with E-state index in [-0.39, 0.29) is 12.9 Å². The van der Waals surface area contributed by atoms with Crippen LogP contribution in [0.5, 0.6) is 0 Å². The lowest BCUT2D eigenvalue weighted by atomic mass is 9.44. The number of nitrogens with zero attached hydrogens (tertiary/aromatic N) is 1. The third-order valence-electron chi connectivity index (χ3n) is 2.69. The number of halogens is 5. The van der Waals surface area contributed by atoms with E-state index in [2.05, 4.69) is 5.32 Å². The maximum absolute atomic E-state index is 13.7. The third kappa shape index (κ3) is 3.25. The summed E-state index contributed by atoms with van der Waals surface area (Å²) in [5.74, 6) is -9.48. The molecular formula is C11H14BF5N2. The fourth-order valence-electron chi connectivity index (χ4n) is 1.93. The van der Waals surface area contributed by atoms with Crippen LogP contribution in [-0.4, -0.2) is 45.6 Å². The lowest BCUT2D eigenvalue weighted by Gasteiger charge is -2.20. The van der Waals surface area contributed by atoms with E-state index in [4.69, 9.17) is 0 Å². The Hall–Kier alpha value is -1.15. The van der Waals surface area contributed by atoms with Gasteiger partial charge in [-0.05, 0) is 39.5 Å². The van der Waals surface area contributed by atoms with Gasteiger partial charge < -0.3 is 10.2 Å². The van der Waals surface area contributed by atoms with Crippen molar-refractivity contribution in [2.75, 3.05) is 34.0 Å². The van der Waals surface area contributed by atoms with Crippen molar-refractivity contribution in [1.29, 1.82) is 0 Å². The van der Waals surface area contributed by atoms with E-state index >= 15 is 0 Å². The second-order valence-electron chi connectivity index (χ2n) is 4.50. The zero-order valence-corrected chi connectivity index (χ0v) is 10.8. The lowest BCUT2D eigenvalue weighted by molar-refractivity contribution is 0.383. The largest absolute Gasteiger partial charge is 0.326 e. The third-order valence-corrected chi connectivity index (χ3v) is 2.69. The van der Waals surface area contributed by atoms with Crippen molar-refractivity contribution in [3.63, 3.8) is 0 Å². The highest BCUT2D eigenvalue weighted by Crippen LogP contribution is 2.16. The van der Waals surface area contributed by atoms with Crippen molar-refractivity contribution < 1.29 is 22.0 Å². The molecule has 0 atom stereocenters. The van der Waals surface area contributed by atoms with Crippen molar-refractivity contribution in [2.45, 2.75) is 0 Å². The molecule has 0 aliphatic heterocycles. The smallest absolute Gasteiger partial charge is 0.213 e. The first-order valence-corrected chi connectivity index (χ1v) is 5.61. The minimum absolute atomic E-state index is 0.0938. The van der Waals surface area contributed by atoms with E-state index in [1.165, 1.54) is 7.05 Å². The first kappa shape index (κ1) is 15.9. The van der Waals surface area contributed by atoms with Gasteiger partial charge in [0, 0.05) is 0 Å². The summed E-state index contributed by atoms with van der Waals surface area (Å²) in [7, 11) is 4.83. The molecule has 1 aromatic rings. The summed E-state index contributed by atoms with van der Waals surface area (Å²) >= 11 is 0. The number of nitrogens with one attached hydrogen (secondary N) is 1. The number of hydrogen-bond donors (Lipinski definition) is 1. The predicted octanol–water partition coefficient (Wildman–Crippen LogP) is 0.943. The Morgan fingerprint density at radius 2 is 1.32 bits per heavy atom. The van der Waals surface area contributed by atoms with E-state index < -0.39 is 41.3 Å². The molecule has 0 unspecified atom stereocenters. The van der Waals surface area contributed by atoms with Gasteiger partial charge in [0.1, 0.15) is 0 Å². The molecule has 1 rings (SSSR count). The van der Waals surface area contributed by atoms with E-state index in [9.17, 15) is 22.0 Å². The first-order chi connectivity index (χ1) is 8.81. The van der Waals surface area contributed by atoms with Gasteiger partial charge in [0.15, 0.2) is 29.1 Å². The monoisotopic (exact) mass is 280 g/mol. The van der Waals surface area contributed by atoms with Gasteiger partial charge in [-0.3, -0.25) is 0 Å². The van der Waals surface area contributed by atoms with Crippen LogP contribution < -0.4 is 10.8 Å². The zero-order valence-electron chi connectivity index (χ0n) is 10.8. The molecule has 19 heavy (non-hydrogen) atoms. The minimum atomic E-state index is -2.13. The van der Waals surface area contributed by atoms with E-state index in [1.807, 2.05) is 0 Å². The fraction of sp³-hybridized carbons (Fsp3) is 0.455. The quantitative estimate of drug-likeness (QED) is 0.374. The van der Waals surface area contributed by atoms with Crippen LogP contribution in [0.3, 0.4) is 0 Å². The summed E-state index contributed by atoms with van der Waals surface area (Å²) in [6.07, 6.45) is 0.246. The first-order valence-electron chi connectivity index (χ1n) is 5.61. The van der Waals surface area contributed by atoms with Crippen molar-refractivity contribution in [3.05, 3.63) is 29.1 Å². The van der Waals surface area contributed by atoms with Gasteiger partial charge in [0.2, 0.25) is 6.71 Å². The maximum atomic E-state index is 13.7. The Morgan fingerprint density at radius 1 is 0.895 bits per heavy atom. The second-order valence-corrected chi connectivity index (χ2v) is 4.50. The van der Waals surface area contributed by atoms with Crippen LogP contribution in [0.4, 0.5) is 22.0 Å². The molecule has 0 saturated heterocycles. The van der Waals surface area contributed by atoms with Crippen LogP contribution in [0.25, 0.3) is 0 Å². The Kier molecular flexibility index (Phi) is 5.31. The van der Waals surface area contributed by atoms with Crippen LogP contribution >= 0.6 is 0 Å². The molecule has 0 radical (unpaired) electrons. The highest BCUT2D eigenvalue weighted by molar-refractivity contribution is 6.73. The normalized spacial score (nSPS) is 11.2. The second kappa shape index (κ2) is 6.34. The van der Waals surface area contributed by atoms with Gasteiger partial charge in [-0.1, -0.05) is 0 Å². The van der Waals surface area contributed by atoms with Crippen LogP contribution in [0.1, 0.15) is 0 Å². The van der Waals surface area contributed by atoms with Crippen LogP contribution in [0, 0.1) is 29.1 Å². The molecule has 8 heteroatoms. The van der Waals surface area contributed by atoms with Crippen molar-refractivity contribution in [3.8, 4) is 0 Å². The highest BCUT2D eigenvalue weighted by atomic mass is 19.2. The number of benzene rings is 1. The van der Waals surface area contributed by atoms with E-state index in [0.717, 1.165) is 0 Å².